The van der Waals surface area contributed by atoms with Gasteiger partial charge in [0.05, 0.1) is 12.2 Å². The number of nitrogens with one attached hydrogen (secondary N) is 2. The highest BCUT2D eigenvalue weighted by molar-refractivity contribution is 5.76. The van der Waals surface area contributed by atoms with E-state index >= 15 is 0 Å². The second-order valence-electron chi connectivity index (χ2n) is 3.53. The highest BCUT2D eigenvalue weighted by atomic mass is 16.5. The molecule has 0 saturated heterocycles. The number of nitrogens with zero attached hydrogens (tertiary/aromatic N) is 2. The van der Waals surface area contributed by atoms with Crippen LogP contribution in [0.3, 0.4) is 0 Å². The lowest BCUT2D eigenvalue weighted by Crippen LogP contribution is -2.28. The summed E-state index contributed by atoms with van der Waals surface area (Å²) in [6, 6.07) is 5.40. The number of anilines is 1. The van der Waals surface area contributed by atoms with Crippen molar-refractivity contribution in [3.05, 3.63) is 23.9 Å². The number of carbonyl (C=O) groups is 1. The summed E-state index contributed by atoms with van der Waals surface area (Å²) in [7, 11) is 1.58. The minimum Gasteiger partial charge on any atom is -0.383 e. The van der Waals surface area contributed by atoms with Gasteiger partial charge >= 0.3 is 0 Å². The van der Waals surface area contributed by atoms with Crippen LogP contribution in [-0.4, -0.2) is 37.7 Å². The van der Waals surface area contributed by atoms with Crippen molar-refractivity contribution in [3.8, 4) is 6.07 Å². The molecular weight excluding hydrogens is 232 g/mol. The fraction of sp³-hybridized carbons (Fsp3) is 0.417. The molecule has 18 heavy (non-hydrogen) atoms. The third-order valence-corrected chi connectivity index (χ3v) is 2.20. The Morgan fingerprint density at radius 1 is 1.56 bits per heavy atom. The van der Waals surface area contributed by atoms with Gasteiger partial charge in [-0.2, -0.15) is 5.26 Å². The molecule has 0 radical (unpaired) electrons. The lowest BCUT2D eigenvalue weighted by molar-refractivity contribution is -0.121. The van der Waals surface area contributed by atoms with Crippen LogP contribution in [0.4, 0.5) is 5.82 Å². The highest BCUT2D eigenvalue weighted by Crippen LogP contribution is 2.08. The van der Waals surface area contributed by atoms with Crippen LogP contribution in [0, 0.1) is 11.3 Å². The van der Waals surface area contributed by atoms with Gasteiger partial charge in [-0.1, -0.05) is 0 Å². The molecule has 0 atom stereocenters. The van der Waals surface area contributed by atoms with E-state index in [9.17, 15) is 4.79 Å². The molecule has 0 aliphatic rings. The summed E-state index contributed by atoms with van der Waals surface area (Å²) in [5.41, 5.74) is 0.470. The fourth-order valence-electron chi connectivity index (χ4n) is 1.31. The minimum atomic E-state index is -0.0611. The van der Waals surface area contributed by atoms with Crippen molar-refractivity contribution in [1.82, 2.24) is 10.3 Å². The summed E-state index contributed by atoms with van der Waals surface area (Å²) < 4.78 is 4.82. The monoisotopic (exact) mass is 248 g/mol. The molecule has 0 bridgehead atoms. The molecule has 6 heteroatoms. The zero-order valence-corrected chi connectivity index (χ0v) is 10.3. The third kappa shape index (κ3) is 4.80. The van der Waals surface area contributed by atoms with Crippen molar-refractivity contribution < 1.29 is 9.53 Å². The molecule has 1 aromatic rings. The summed E-state index contributed by atoms with van der Waals surface area (Å²) >= 11 is 0. The van der Waals surface area contributed by atoms with E-state index in [1.807, 2.05) is 6.07 Å². The van der Waals surface area contributed by atoms with Crippen LogP contribution in [0.5, 0.6) is 0 Å². The highest BCUT2D eigenvalue weighted by Gasteiger charge is 2.03. The molecule has 1 aromatic heterocycles. The van der Waals surface area contributed by atoms with Crippen LogP contribution in [0.25, 0.3) is 0 Å². The molecule has 6 nitrogen and oxygen atoms in total. The summed E-state index contributed by atoms with van der Waals surface area (Å²) in [4.78, 5) is 15.4. The van der Waals surface area contributed by atoms with E-state index in [1.54, 1.807) is 25.4 Å². The number of nitriles is 1. The van der Waals surface area contributed by atoms with E-state index in [-0.39, 0.29) is 5.91 Å². The molecule has 0 saturated carbocycles. The van der Waals surface area contributed by atoms with Gasteiger partial charge in [0, 0.05) is 32.8 Å². The van der Waals surface area contributed by atoms with Crippen molar-refractivity contribution >= 4 is 11.7 Å². The second kappa shape index (κ2) is 8.03. The number of rotatable bonds is 7. The Bertz CT molecular complexity index is 428. The SMILES string of the molecule is COCCNC(=O)CCNc1ncccc1C#N. The predicted octanol–water partition coefficient (Wildman–Crippen LogP) is 0.518. The quantitative estimate of drug-likeness (QED) is 0.687. The standard InChI is InChI=1S/C12H16N4O2/c1-18-8-7-14-11(17)4-6-16-12-10(9-13)3-2-5-15-12/h2-3,5H,4,6-8H2,1H3,(H,14,17)(H,15,16). The summed E-state index contributed by atoms with van der Waals surface area (Å²) in [5, 5.41) is 14.5. The van der Waals surface area contributed by atoms with Crippen LogP contribution >= 0.6 is 0 Å². The third-order valence-electron chi connectivity index (χ3n) is 2.20. The van der Waals surface area contributed by atoms with Crippen LogP contribution in [-0.2, 0) is 9.53 Å². The van der Waals surface area contributed by atoms with E-state index in [4.69, 9.17) is 10.00 Å². The smallest absolute Gasteiger partial charge is 0.221 e. The van der Waals surface area contributed by atoms with Crippen LogP contribution in [0.2, 0.25) is 0 Å². The Morgan fingerprint density at radius 3 is 3.11 bits per heavy atom. The van der Waals surface area contributed by atoms with Gasteiger partial charge in [-0.05, 0) is 12.1 Å². The van der Waals surface area contributed by atoms with E-state index < -0.39 is 0 Å². The molecule has 0 aromatic carbocycles. The topological polar surface area (TPSA) is 87.0 Å². The molecule has 1 rings (SSSR count). The average Bonchev–Trinajstić information content (AvgIpc) is 2.39. The van der Waals surface area contributed by atoms with Gasteiger partial charge in [0.1, 0.15) is 11.9 Å². The Labute approximate surface area is 106 Å². The number of aromatic nitrogens is 1. The average molecular weight is 248 g/mol. The molecule has 96 valence electrons. The first kappa shape index (κ1) is 13.9. The van der Waals surface area contributed by atoms with Gasteiger partial charge in [0.15, 0.2) is 0 Å². The molecule has 1 heterocycles. The van der Waals surface area contributed by atoms with E-state index in [0.29, 0.717) is 37.5 Å². The van der Waals surface area contributed by atoms with Crippen molar-refractivity contribution in [2.45, 2.75) is 6.42 Å². The summed E-state index contributed by atoms with van der Waals surface area (Å²) in [6.07, 6.45) is 1.92. The zero-order chi connectivity index (χ0) is 13.2. The maximum atomic E-state index is 11.4. The van der Waals surface area contributed by atoms with Crippen molar-refractivity contribution in [2.75, 3.05) is 32.1 Å². The van der Waals surface area contributed by atoms with E-state index in [0.717, 1.165) is 0 Å². The van der Waals surface area contributed by atoms with E-state index in [2.05, 4.69) is 15.6 Å². The Hall–Kier alpha value is -2.13. The molecule has 0 spiro atoms. The van der Waals surface area contributed by atoms with Crippen LogP contribution in [0.1, 0.15) is 12.0 Å². The van der Waals surface area contributed by atoms with Crippen LogP contribution < -0.4 is 10.6 Å². The number of carbonyl (C=O) groups excluding carboxylic acids is 1. The maximum Gasteiger partial charge on any atom is 0.221 e. The number of methoxy groups -OCH3 is 1. The van der Waals surface area contributed by atoms with Gasteiger partial charge in [-0.15, -0.1) is 0 Å². The van der Waals surface area contributed by atoms with Crippen molar-refractivity contribution in [2.24, 2.45) is 0 Å². The molecular formula is C12H16N4O2. The maximum absolute atomic E-state index is 11.4. The fourth-order valence-corrected chi connectivity index (χ4v) is 1.31. The zero-order valence-electron chi connectivity index (χ0n) is 10.3. The first-order valence-corrected chi connectivity index (χ1v) is 5.62. The molecule has 1 amide bonds. The first-order chi connectivity index (χ1) is 8.77. The molecule has 0 aliphatic carbocycles. The number of ether oxygens (including phenoxy) is 1. The Morgan fingerprint density at radius 2 is 2.39 bits per heavy atom. The Kier molecular flexibility index (Phi) is 6.22. The summed E-state index contributed by atoms with van der Waals surface area (Å²) in [5.74, 6) is 0.443. The predicted molar refractivity (Wildman–Crippen MR) is 66.9 cm³/mol. The van der Waals surface area contributed by atoms with E-state index in [1.165, 1.54) is 0 Å². The van der Waals surface area contributed by atoms with Gasteiger partial charge in [0.25, 0.3) is 0 Å². The number of hydrogen-bond acceptors (Lipinski definition) is 5. The first-order valence-electron chi connectivity index (χ1n) is 5.62. The van der Waals surface area contributed by atoms with Gasteiger partial charge in [-0.25, -0.2) is 4.98 Å². The summed E-state index contributed by atoms with van der Waals surface area (Å²) in [6.45, 7) is 1.44. The second-order valence-corrected chi connectivity index (χ2v) is 3.53. The van der Waals surface area contributed by atoms with Crippen molar-refractivity contribution in [3.63, 3.8) is 0 Å². The van der Waals surface area contributed by atoms with Gasteiger partial charge in [0.2, 0.25) is 5.91 Å². The lowest BCUT2D eigenvalue weighted by atomic mass is 10.3. The molecule has 0 unspecified atom stereocenters. The Balaban J connectivity index is 2.29. The largest absolute Gasteiger partial charge is 0.383 e. The number of pyridine rings is 1. The molecule has 0 fully saturated rings. The van der Waals surface area contributed by atoms with Gasteiger partial charge < -0.3 is 15.4 Å². The molecule has 0 aliphatic heterocycles. The normalized spacial score (nSPS) is 9.56. The number of hydrogen-bond donors (Lipinski definition) is 2. The molecule has 2 N–H and O–H groups in total. The van der Waals surface area contributed by atoms with Crippen molar-refractivity contribution in [1.29, 1.82) is 5.26 Å². The lowest BCUT2D eigenvalue weighted by Gasteiger charge is -2.07. The number of amides is 1. The van der Waals surface area contributed by atoms with Gasteiger partial charge in [-0.3, -0.25) is 4.79 Å². The minimum absolute atomic E-state index is 0.0611. The van der Waals surface area contributed by atoms with Crippen LogP contribution in [0.15, 0.2) is 18.3 Å².